The number of carbonyl (C=O) groups is 2. The lowest BCUT2D eigenvalue weighted by atomic mass is 10.3. The number of rotatable bonds is 8. The summed E-state index contributed by atoms with van der Waals surface area (Å²) in [5.74, 6) is -0.113. The third-order valence-electron chi connectivity index (χ3n) is 2.12. The van der Waals surface area contributed by atoms with Crippen molar-refractivity contribution >= 4 is 11.8 Å². The van der Waals surface area contributed by atoms with Gasteiger partial charge in [-0.15, -0.1) is 0 Å². The minimum Gasteiger partial charge on any atom is -0.385 e. The molecule has 0 saturated heterocycles. The van der Waals surface area contributed by atoms with E-state index in [1.807, 2.05) is 6.92 Å². The van der Waals surface area contributed by atoms with Crippen LogP contribution in [-0.4, -0.2) is 50.6 Å². The molecule has 16 heavy (non-hydrogen) atoms. The van der Waals surface area contributed by atoms with Crippen LogP contribution < -0.4 is 5.32 Å². The number of hydrogen-bond acceptors (Lipinski definition) is 3. The third-order valence-corrected chi connectivity index (χ3v) is 2.12. The van der Waals surface area contributed by atoms with E-state index in [1.165, 1.54) is 4.90 Å². The Bertz CT molecular complexity index is 219. The third kappa shape index (κ3) is 7.23. The second-order valence-corrected chi connectivity index (χ2v) is 3.70. The quantitative estimate of drug-likeness (QED) is 0.614. The van der Waals surface area contributed by atoms with Gasteiger partial charge in [-0.05, 0) is 12.8 Å². The van der Waals surface area contributed by atoms with Gasteiger partial charge < -0.3 is 15.0 Å². The van der Waals surface area contributed by atoms with Crippen LogP contribution in [0.1, 0.15) is 26.2 Å². The van der Waals surface area contributed by atoms with Crippen LogP contribution in [0.2, 0.25) is 0 Å². The molecule has 5 heteroatoms. The van der Waals surface area contributed by atoms with Gasteiger partial charge in [0.05, 0.1) is 6.54 Å². The van der Waals surface area contributed by atoms with Crippen molar-refractivity contribution in [1.29, 1.82) is 0 Å². The van der Waals surface area contributed by atoms with Gasteiger partial charge >= 0.3 is 0 Å². The number of likely N-dealkylation sites (N-methyl/N-ethyl adjacent to an activating group) is 1. The Morgan fingerprint density at radius 2 is 2.06 bits per heavy atom. The molecule has 0 aromatic heterocycles. The van der Waals surface area contributed by atoms with E-state index in [-0.39, 0.29) is 18.4 Å². The van der Waals surface area contributed by atoms with Gasteiger partial charge in [0, 0.05) is 33.7 Å². The van der Waals surface area contributed by atoms with E-state index in [9.17, 15) is 9.59 Å². The number of nitrogens with zero attached hydrogens (tertiary/aromatic N) is 1. The Balaban J connectivity index is 3.65. The van der Waals surface area contributed by atoms with Gasteiger partial charge in [-0.2, -0.15) is 0 Å². The molecule has 0 spiro atoms. The van der Waals surface area contributed by atoms with Gasteiger partial charge in [-0.1, -0.05) is 6.92 Å². The molecule has 0 unspecified atom stereocenters. The monoisotopic (exact) mass is 230 g/mol. The van der Waals surface area contributed by atoms with Crippen LogP contribution in [0.4, 0.5) is 0 Å². The first-order valence-electron chi connectivity index (χ1n) is 5.61. The SMILES string of the molecule is CCCC(=O)N(C)CC(=O)NCCCOC. The van der Waals surface area contributed by atoms with Crippen LogP contribution in [0.5, 0.6) is 0 Å². The van der Waals surface area contributed by atoms with Crippen LogP contribution in [0.15, 0.2) is 0 Å². The first-order chi connectivity index (χ1) is 7.61. The zero-order valence-corrected chi connectivity index (χ0v) is 10.4. The van der Waals surface area contributed by atoms with Gasteiger partial charge in [0.2, 0.25) is 11.8 Å². The predicted octanol–water partition coefficient (Wildman–Crippen LogP) is 0.398. The van der Waals surface area contributed by atoms with Crippen molar-refractivity contribution in [3.63, 3.8) is 0 Å². The molecule has 0 bridgehead atoms. The summed E-state index contributed by atoms with van der Waals surface area (Å²) >= 11 is 0. The Hall–Kier alpha value is -1.10. The van der Waals surface area contributed by atoms with E-state index in [0.29, 0.717) is 19.6 Å². The summed E-state index contributed by atoms with van der Waals surface area (Å²) in [6.07, 6.45) is 2.08. The maximum Gasteiger partial charge on any atom is 0.239 e. The number of amides is 2. The molecule has 0 aromatic rings. The topological polar surface area (TPSA) is 58.6 Å². The molecule has 1 N–H and O–H groups in total. The highest BCUT2D eigenvalue weighted by molar-refractivity contribution is 5.84. The zero-order valence-electron chi connectivity index (χ0n) is 10.4. The number of methoxy groups -OCH3 is 1. The molecule has 0 rings (SSSR count). The number of ether oxygens (including phenoxy) is 1. The second kappa shape index (κ2) is 9.15. The summed E-state index contributed by atoms with van der Waals surface area (Å²) in [5, 5.41) is 2.73. The average molecular weight is 230 g/mol. The maximum atomic E-state index is 11.4. The van der Waals surface area contributed by atoms with E-state index < -0.39 is 0 Å². The molecule has 5 nitrogen and oxygen atoms in total. The van der Waals surface area contributed by atoms with Crippen LogP contribution in [0, 0.1) is 0 Å². The Morgan fingerprint density at radius 3 is 2.62 bits per heavy atom. The zero-order chi connectivity index (χ0) is 12.4. The fourth-order valence-corrected chi connectivity index (χ4v) is 1.21. The van der Waals surface area contributed by atoms with Crippen molar-refractivity contribution in [2.24, 2.45) is 0 Å². The Kier molecular flexibility index (Phi) is 8.52. The highest BCUT2D eigenvalue weighted by atomic mass is 16.5. The van der Waals surface area contributed by atoms with Crippen molar-refractivity contribution in [1.82, 2.24) is 10.2 Å². The first kappa shape index (κ1) is 14.9. The van der Waals surface area contributed by atoms with Gasteiger partial charge in [-0.25, -0.2) is 0 Å². The summed E-state index contributed by atoms with van der Waals surface area (Å²) < 4.78 is 4.86. The summed E-state index contributed by atoms with van der Waals surface area (Å²) in [4.78, 5) is 24.2. The molecule has 2 amide bonds. The molecule has 0 aliphatic carbocycles. The van der Waals surface area contributed by atoms with Crippen LogP contribution in [0.25, 0.3) is 0 Å². The van der Waals surface area contributed by atoms with Gasteiger partial charge in [-0.3, -0.25) is 9.59 Å². The minimum atomic E-state index is -0.122. The Morgan fingerprint density at radius 1 is 1.38 bits per heavy atom. The molecular weight excluding hydrogens is 208 g/mol. The van der Waals surface area contributed by atoms with Gasteiger partial charge in [0.25, 0.3) is 0 Å². The van der Waals surface area contributed by atoms with E-state index >= 15 is 0 Å². The second-order valence-electron chi connectivity index (χ2n) is 3.70. The number of hydrogen-bond donors (Lipinski definition) is 1. The largest absolute Gasteiger partial charge is 0.385 e. The summed E-state index contributed by atoms with van der Waals surface area (Å²) in [7, 11) is 3.27. The van der Waals surface area contributed by atoms with Crippen molar-refractivity contribution in [3.8, 4) is 0 Å². The Labute approximate surface area is 97.1 Å². The number of nitrogens with one attached hydrogen (secondary N) is 1. The first-order valence-corrected chi connectivity index (χ1v) is 5.61. The smallest absolute Gasteiger partial charge is 0.239 e. The van der Waals surface area contributed by atoms with Crippen LogP contribution >= 0.6 is 0 Å². The molecular formula is C11H22N2O3. The average Bonchev–Trinajstić information content (AvgIpc) is 2.24. The maximum absolute atomic E-state index is 11.4. The van der Waals surface area contributed by atoms with E-state index in [1.54, 1.807) is 14.2 Å². The van der Waals surface area contributed by atoms with Crippen molar-refractivity contribution in [2.45, 2.75) is 26.2 Å². The molecule has 0 radical (unpaired) electrons. The van der Waals surface area contributed by atoms with Crippen molar-refractivity contribution in [2.75, 3.05) is 33.9 Å². The molecule has 0 saturated carbocycles. The van der Waals surface area contributed by atoms with E-state index in [4.69, 9.17) is 4.74 Å². The molecule has 0 aromatic carbocycles. The molecule has 0 fully saturated rings. The van der Waals surface area contributed by atoms with Crippen LogP contribution in [-0.2, 0) is 14.3 Å². The molecule has 0 atom stereocenters. The standard InChI is InChI=1S/C11H22N2O3/c1-4-6-11(15)13(2)9-10(14)12-7-5-8-16-3/h4-9H2,1-3H3,(H,12,14). The normalized spacial score (nSPS) is 9.94. The summed E-state index contributed by atoms with van der Waals surface area (Å²) in [5.41, 5.74) is 0. The van der Waals surface area contributed by atoms with Gasteiger partial charge in [0.15, 0.2) is 0 Å². The van der Waals surface area contributed by atoms with Crippen molar-refractivity contribution < 1.29 is 14.3 Å². The predicted molar refractivity (Wildman–Crippen MR) is 62.0 cm³/mol. The van der Waals surface area contributed by atoms with Crippen LogP contribution in [0.3, 0.4) is 0 Å². The van der Waals surface area contributed by atoms with Crippen molar-refractivity contribution in [3.05, 3.63) is 0 Å². The lowest BCUT2D eigenvalue weighted by Crippen LogP contribution is -2.38. The molecule has 94 valence electrons. The number of carbonyl (C=O) groups excluding carboxylic acids is 2. The molecule has 0 heterocycles. The highest BCUT2D eigenvalue weighted by Crippen LogP contribution is 1.94. The molecule has 0 aliphatic rings. The van der Waals surface area contributed by atoms with Gasteiger partial charge in [0.1, 0.15) is 0 Å². The lowest BCUT2D eigenvalue weighted by Gasteiger charge is -2.16. The minimum absolute atomic E-state index is 0.00883. The molecule has 0 aliphatic heterocycles. The lowest BCUT2D eigenvalue weighted by molar-refractivity contribution is -0.134. The van der Waals surface area contributed by atoms with E-state index in [2.05, 4.69) is 5.32 Å². The summed E-state index contributed by atoms with van der Waals surface area (Å²) in [6, 6.07) is 0. The highest BCUT2D eigenvalue weighted by Gasteiger charge is 2.10. The fraction of sp³-hybridized carbons (Fsp3) is 0.818. The fourth-order valence-electron chi connectivity index (χ4n) is 1.21. The summed E-state index contributed by atoms with van der Waals surface area (Å²) in [6.45, 7) is 3.29. The van der Waals surface area contributed by atoms with E-state index in [0.717, 1.165) is 12.8 Å².